The minimum Gasteiger partial charge on any atom is -0.456 e. The van der Waals surface area contributed by atoms with Crippen LogP contribution >= 0.6 is 0 Å². The van der Waals surface area contributed by atoms with Gasteiger partial charge in [0.15, 0.2) is 5.76 Å². The Bertz CT molecular complexity index is 614. The third kappa shape index (κ3) is 3.47. The molecule has 2 amide bonds. The quantitative estimate of drug-likeness (QED) is 0.874. The largest absolute Gasteiger partial charge is 0.456 e. The van der Waals surface area contributed by atoms with Crippen LogP contribution in [0.2, 0.25) is 0 Å². The molecular weight excluding hydrogens is 256 g/mol. The second-order valence-corrected chi connectivity index (χ2v) is 4.41. The number of amides is 2. The first-order valence-electron chi connectivity index (χ1n) is 6.35. The topological polar surface area (TPSA) is 85.3 Å². The summed E-state index contributed by atoms with van der Waals surface area (Å²) in [5, 5.41) is 2.73. The van der Waals surface area contributed by atoms with E-state index in [0.717, 1.165) is 17.7 Å². The van der Waals surface area contributed by atoms with Crippen LogP contribution in [0.25, 0.3) is 0 Å². The number of furan rings is 1. The van der Waals surface area contributed by atoms with E-state index in [2.05, 4.69) is 5.32 Å². The highest BCUT2D eigenvalue weighted by molar-refractivity contribution is 6.02. The van der Waals surface area contributed by atoms with Crippen molar-refractivity contribution in [3.8, 4) is 0 Å². The molecule has 0 spiro atoms. The van der Waals surface area contributed by atoms with E-state index < -0.39 is 0 Å². The van der Waals surface area contributed by atoms with Crippen molar-refractivity contribution in [3.05, 3.63) is 53.5 Å². The molecule has 0 saturated heterocycles. The van der Waals surface area contributed by atoms with Crippen molar-refractivity contribution in [1.29, 1.82) is 0 Å². The van der Waals surface area contributed by atoms with E-state index in [4.69, 9.17) is 10.2 Å². The average Bonchev–Trinajstić information content (AvgIpc) is 2.89. The standard InChI is InChI=1S/C15H16N2O3/c1-2-12-7-8-13(20-12)15(19)17-11-5-3-10(4-6-11)9-14(16)18/h3-8H,2,9H2,1H3,(H2,16,18)(H,17,19). The predicted octanol–water partition coefficient (Wildman–Crippen LogP) is 2.12. The summed E-state index contributed by atoms with van der Waals surface area (Å²) in [6.45, 7) is 1.96. The van der Waals surface area contributed by atoms with Crippen LogP contribution < -0.4 is 11.1 Å². The molecule has 1 aromatic heterocycles. The van der Waals surface area contributed by atoms with Gasteiger partial charge >= 0.3 is 0 Å². The molecule has 0 unspecified atom stereocenters. The van der Waals surface area contributed by atoms with Crippen LogP contribution in [0.3, 0.4) is 0 Å². The number of hydrogen-bond acceptors (Lipinski definition) is 3. The number of carbonyl (C=O) groups is 2. The number of carbonyl (C=O) groups excluding carboxylic acids is 2. The van der Waals surface area contributed by atoms with Gasteiger partial charge in [-0.2, -0.15) is 0 Å². The van der Waals surface area contributed by atoms with E-state index in [0.29, 0.717) is 5.69 Å². The summed E-state index contributed by atoms with van der Waals surface area (Å²) in [5.74, 6) is 0.367. The molecule has 1 aromatic carbocycles. The summed E-state index contributed by atoms with van der Waals surface area (Å²) in [5.41, 5.74) is 6.56. The lowest BCUT2D eigenvalue weighted by Crippen LogP contribution is -2.14. The average molecular weight is 272 g/mol. The van der Waals surface area contributed by atoms with Crippen molar-refractivity contribution in [2.45, 2.75) is 19.8 Å². The fourth-order valence-electron chi connectivity index (χ4n) is 1.79. The van der Waals surface area contributed by atoms with Gasteiger partial charge in [0, 0.05) is 12.1 Å². The molecule has 0 aliphatic heterocycles. The van der Waals surface area contributed by atoms with Crippen molar-refractivity contribution in [1.82, 2.24) is 0 Å². The maximum atomic E-state index is 11.9. The summed E-state index contributed by atoms with van der Waals surface area (Å²) < 4.78 is 5.37. The maximum absolute atomic E-state index is 11.9. The summed E-state index contributed by atoms with van der Waals surface area (Å²) in [7, 11) is 0. The number of rotatable bonds is 5. The van der Waals surface area contributed by atoms with Crippen LogP contribution in [0.5, 0.6) is 0 Å². The maximum Gasteiger partial charge on any atom is 0.291 e. The third-order valence-electron chi connectivity index (χ3n) is 2.82. The van der Waals surface area contributed by atoms with E-state index in [1.807, 2.05) is 6.92 Å². The highest BCUT2D eigenvalue weighted by atomic mass is 16.3. The highest BCUT2D eigenvalue weighted by Crippen LogP contribution is 2.14. The molecule has 0 radical (unpaired) electrons. The number of nitrogens with two attached hydrogens (primary N) is 1. The molecule has 20 heavy (non-hydrogen) atoms. The van der Waals surface area contributed by atoms with Crippen LogP contribution in [0, 0.1) is 0 Å². The van der Waals surface area contributed by atoms with E-state index in [9.17, 15) is 9.59 Å². The SMILES string of the molecule is CCc1ccc(C(=O)Nc2ccc(CC(N)=O)cc2)o1. The molecule has 3 N–H and O–H groups in total. The Morgan fingerprint density at radius 2 is 1.85 bits per heavy atom. The van der Waals surface area contributed by atoms with Gasteiger partial charge in [0.1, 0.15) is 5.76 Å². The highest BCUT2D eigenvalue weighted by Gasteiger charge is 2.10. The van der Waals surface area contributed by atoms with E-state index in [-0.39, 0.29) is 24.0 Å². The minimum absolute atomic E-state index is 0.187. The number of nitrogens with one attached hydrogen (secondary N) is 1. The molecule has 0 atom stereocenters. The fourth-order valence-corrected chi connectivity index (χ4v) is 1.79. The Hall–Kier alpha value is -2.56. The molecule has 104 valence electrons. The Morgan fingerprint density at radius 3 is 2.40 bits per heavy atom. The van der Waals surface area contributed by atoms with Gasteiger partial charge in [0.05, 0.1) is 6.42 Å². The fraction of sp³-hybridized carbons (Fsp3) is 0.200. The molecule has 1 heterocycles. The smallest absolute Gasteiger partial charge is 0.291 e. The van der Waals surface area contributed by atoms with E-state index in [1.54, 1.807) is 36.4 Å². The lowest BCUT2D eigenvalue weighted by atomic mass is 10.1. The molecule has 2 rings (SSSR count). The van der Waals surface area contributed by atoms with E-state index in [1.165, 1.54) is 0 Å². The predicted molar refractivity (Wildman–Crippen MR) is 75.4 cm³/mol. The van der Waals surface area contributed by atoms with Crippen LogP contribution in [0.15, 0.2) is 40.8 Å². The van der Waals surface area contributed by atoms with Crippen LogP contribution in [-0.4, -0.2) is 11.8 Å². The molecule has 5 nitrogen and oxygen atoms in total. The van der Waals surface area contributed by atoms with Crippen LogP contribution in [0.1, 0.15) is 28.8 Å². The number of benzene rings is 1. The lowest BCUT2D eigenvalue weighted by Gasteiger charge is -2.04. The molecule has 0 fully saturated rings. The van der Waals surface area contributed by atoms with Crippen LogP contribution in [0.4, 0.5) is 5.69 Å². The minimum atomic E-state index is -0.385. The van der Waals surface area contributed by atoms with Gasteiger partial charge in [-0.3, -0.25) is 9.59 Å². The monoisotopic (exact) mass is 272 g/mol. The van der Waals surface area contributed by atoms with Gasteiger partial charge < -0.3 is 15.5 Å². The molecule has 5 heteroatoms. The number of hydrogen-bond donors (Lipinski definition) is 2. The van der Waals surface area contributed by atoms with Crippen LogP contribution in [-0.2, 0) is 17.6 Å². The molecule has 0 aliphatic carbocycles. The molecule has 2 aromatic rings. The summed E-state index contributed by atoms with van der Waals surface area (Å²) in [6, 6.07) is 10.4. The first kappa shape index (κ1) is 13.9. The molecular formula is C15H16N2O3. The first-order chi connectivity index (χ1) is 9.58. The summed E-state index contributed by atoms with van der Waals surface area (Å²) >= 11 is 0. The summed E-state index contributed by atoms with van der Waals surface area (Å²) in [6.07, 6.45) is 0.932. The lowest BCUT2D eigenvalue weighted by molar-refractivity contribution is -0.117. The van der Waals surface area contributed by atoms with Gasteiger partial charge in [-0.15, -0.1) is 0 Å². The van der Waals surface area contributed by atoms with Gasteiger partial charge in [-0.25, -0.2) is 0 Å². The second-order valence-electron chi connectivity index (χ2n) is 4.41. The normalized spacial score (nSPS) is 10.2. The van der Waals surface area contributed by atoms with Crippen molar-refractivity contribution in [3.63, 3.8) is 0 Å². The van der Waals surface area contributed by atoms with Crippen molar-refractivity contribution in [2.75, 3.05) is 5.32 Å². The molecule has 0 aliphatic rings. The Labute approximate surface area is 116 Å². The second kappa shape index (κ2) is 6.06. The van der Waals surface area contributed by atoms with Crippen molar-refractivity contribution in [2.24, 2.45) is 5.73 Å². The zero-order chi connectivity index (χ0) is 14.5. The van der Waals surface area contributed by atoms with E-state index >= 15 is 0 Å². The van der Waals surface area contributed by atoms with Crippen molar-refractivity contribution >= 4 is 17.5 Å². The number of primary amides is 1. The zero-order valence-corrected chi connectivity index (χ0v) is 11.2. The Morgan fingerprint density at radius 1 is 1.15 bits per heavy atom. The van der Waals surface area contributed by atoms with Gasteiger partial charge in [0.2, 0.25) is 5.91 Å². The molecule has 0 bridgehead atoms. The van der Waals surface area contributed by atoms with Gasteiger partial charge in [-0.1, -0.05) is 19.1 Å². The van der Waals surface area contributed by atoms with Gasteiger partial charge in [-0.05, 0) is 29.8 Å². The summed E-state index contributed by atoms with van der Waals surface area (Å²) in [4.78, 5) is 22.7. The Kier molecular flexibility index (Phi) is 4.20. The zero-order valence-electron chi connectivity index (χ0n) is 11.2. The third-order valence-corrected chi connectivity index (χ3v) is 2.82. The number of aryl methyl sites for hydroxylation is 1. The Balaban J connectivity index is 2.02. The van der Waals surface area contributed by atoms with Crippen molar-refractivity contribution < 1.29 is 14.0 Å². The molecule has 0 saturated carbocycles. The first-order valence-corrected chi connectivity index (χ1v) is 6.35. The van der Waals surface area contributed by atoms with Gasteiger partial charge in [0.25, 0.3) is 5.91 Å². The number of anilines is 1.